The third kappa shape index (κ3) is 18.4. The van der Waals surface area contributed by atoms with E-state index >= 15 is 0 Å². The second-order valence-corrected chi connectivity index (χ2v) is 22.5. The Morgan fingerprint density at radius 2 is 0.946 bits per heavy atom. The maximum atomic E-state index is 12.9. The Morgan fingerprint density at radius 1 is 0.554 bits per heavy atom. The lowest BCUT2D eigenvalue weighted by molar-refractivity contribution is -0.172. The van der Waals surface area contributed by atoms with Crippen LogP contribution in [0, 0.1) is 21.7 Å². The molecular weight excluding hydrogens is 961 g/mol. The number of carbonyl (C=O) groups is 6. The number of aromatic hydroxyl groups is 4. The van der Waals surface area contributed by atoms with Crippen LogP contribution in [-0.2, 0) is 47.6 Å². The average Bonchev–Trinajstić information content (AvgIpc) is 4.12. The number of phenols is 4. The first-order valence-electron chi connectivity index (χ1n) is 24.4. The molecule has 5 rings (SSSR count). The van der Waals surface area contributed by atoms with Crippen LogP contribution in [0.25, 0.3) is 21.5 Å². The Morgan fingerprint density at radius 3 is 1.34 bits per heavy atom. The number of carboxylic acid groups (broad SMARTS) is 1. The quantitative estimate of drug-likeness (QED) is 0.0307. The average molecular weight is 1040 g/mol. The molecule has 18 heteroatoms. The number of epoxide rings is 1. The molecule has 4 atom stereocenters. The number of fused-ring (bicyclic) bond motifs is 2. The molecule has 0 aromatic heterocycles. The lowest BCUT2D eigenvalue weighted by atomic mass is 9.72. The largest absolute Gasteiger partial charge is 0.508 e. The van der Waals surface area contributed by atoms with Crippen molar-refractivity contribution < 1.29 is 87.8 Å². The van der Waals surface area contributed by atoms with Crippen molar-refractivity contribution in [1.29, 1.82) is 0 Å². The van der Waals surface area contributed by atoms with E-state index in [4.69, 9.17) is 33.5 Å². The van der Waals surface area contributed by atoms with Gasteiger partial charge < -0.3 is 59.1 Å². The minimum absolute atomic E-state index is 0.00306. The molecule has 0 aliphatic carbocycles. The minimum Gasteiger partial charge on any atom is -0.508 e. The zero-order valence-corrected chi connectivity index (χ0v) is 45.2. The van der Waals surface area contributed by atoms with Crippen molar-refractivity contribution in [3.63, 3.8) is 0 Å². The molecule has 6 N–H and O–H groups in total. The molecule has 4 aromatic carbocycles. The van der Waals surface area contributed by atoms with Gasteiger partial charge in [0, 0.05) is 0 Å². The molecular formula is C56H76O18. The van der Waals surface area contributed by atoms with Crippen molar-refractivity contribution in [2.45, 2.75) is 146 Å². The third-order valence-electron chi connectivity index (χ3n) is 12.1. The summed E-state index contributed by atoms with van der Waals surface area (Å²) in [7, 11) is 0. The summed E-state index contributed by atoms with van der Waals surface area (Å²) in [5.74, 6) is -4.19. The number of hydrogen-bond donors (Lipinski definition) is 6. The van der Waals surface area contributed by atoms with Crippen LogP contribution in [0.3, 0.4) is 0 Å². The van der Waals surface area contributed by atoms with Gasteiger partial charge in [-0.3, -0.25) is 19.2 Å². The molecule has 0 bridgehead atoms. The highest BCUT2D eigenvalue weighted by Crippen LogP contribution is 2.41. The van der Waals surface area contributed by atoms with E-state index in [1.165, 1.54) is 48.5 Å². The van der Waals surface area contributed by atoms with E-state index in [1.54, 1.807) is 60.6 Å². The smallest absolute Gasteiger partial charge is 0.342 e. The van der Waals surface area contributed by atoms with Crippen molar-refractivity contribution in [2.24, 2.45) is 21.7 Å². The van der Waals surface area contributed by atoms with Crippen molar-refractivity contribution in [3.05, 3.63) is 71.8 Å². The molecule has 0 spiro atoms. The van der Waals surface area contributed by atoms with Crippen LogP contribution in [0.5, 0.6) is 23.0 Å². The number of aliphatic hydroxyl groups excluding tert-OH is 1. The van der Waals surface area contributed by atoms with Gasteiger partial charge in [-0.05, 0) is 179 Å². The maximum Gasteiger partial charge on any atom is 0.342 e. The fourth-order valence-corrected chi connectivity index (χ4v) is 7.64. The molecule has 1 aliphatic rings. The van der Waals surface area contributed by atoms with Crippen molar-refractivity contribution in [2.75, 3.05) is 26.4 Å². The SMILES string of the molecule is CCC(C)(CC(C)(C)C(=O)OC(C)(C)C)C(=O)OCC(O)COC(=O)c1cc2cc(O)ccc2cc1O.CCC(C)(CC(C)(C)C(=O)OC(C)(C)C)C(=O)OCC1CO1.O=C(O)c1cc2cc(O)ccc2cc1O. The molecule has 1 fully saturated rings. The third-order valence-corrected chi connectivity index (χ3v) is 12.1. The normalized spacial score (nSPS) is 15.6. The monoisotopic (exact) mass is 1040 g/mol. The molecule has 0 radical (unpaired) electrons. The predicted octanol–water partition coefficient (Wildman–Crippen LogP) is 9.54. The molecule has 0 saturated carbocycles. The van der Waals surface area contributed by atoms with Gasteiger partial charge in [-0.2, -0.15) is 0 Å². The molecule has 1 heterocycles. The standard InChI is InChI=1S/C28H38O9.C17H30O5.C11H8O4/c1-8-28(7,16-27(5,6)24(33)37-26(2,3)4)25(34)36-15-20(30)14-35-23(32)21-12-18-11-19(29)10-9-17(18)13-22(21)31;1-8-17(7,14(19)21-10-12-9-20-12)11-16(5,6)13(18)22-15(2,3)4;12-8-2-1-6-5-10(13)9(11(14)15)4-7(6)3-8/h9-13,20,29-31H,8,14-16H2,1-7H3;12H,8-11H2,1-7H3;1-5,12-13H,(H,14,15). The van der Waals surface area contributed by atoms with E-state index in [-0.39, 0.29) is 58.6 Å². The van der Waals surface area contributed by atoms with Crippen LogP contribution in [0.1, 0.15) is 143 Å². The number of aliphatic hydroxyl groups is 1. The van der Waals surface area contributed by atoms with Gasteiger partial charge in [0.2, 0.25) is 0 Å². The van der Waals surface area contributed by atoms with Crippen LogP contribution in [-0.4, -0.2) is 116 Å². The number of aromatic carboxylic acids is 1. The summed E-state index contributed by atoms with van der Waals surface area (Å²) in [6, 6.07) is 14.4. The second-order valence-electron chi connectivity index (χ2n) is 22.5. The second kappa shape index (κ2) is 24.6. The molecule has 1 saturated heterocycles. The zero-order chi connectivity index (χ0) is 56.4. The first-order valence-corrected chi connectivity index (χ1v) is 24.4. The summed E-state index contributed by atoms with van der Waals surface area (Å²) in [6.07, 6.45) is 0.286. The number of esters is 5. The van der Waals surface area contributed by atoms with Crippen LogP contribution in [0.15, 0.2) is 60.7 Å². The summed E-state index contributed by atoms with van der Waals surface area (Å²) < 4.78 is 31.7. The summed E-state index contributed by atoms with van der Waals surface area (Å²) in [6.45, 7) is 25.2. The van der Waals surface area contributed by atoms with Crippen LogP contribution in [0.4, 0.5) is 0 Å². The van der Waals surface area contributed by atoms with Crippen LogP contribution in [0.2, 0.25) is 0 Å². The molecule has 4 unspecified atom stereocenters. The Kier molecular flexibility index (Phi) is 20.5. The Bertz CT molecular complexity index is 2650. The van der Waals surface area contributed by atoms with E-state index in [1.807, 2.05) is 48.5 Å². The van der Waals surface area contributed by atoms with Gasteiger partial charge in [-0.1, -0.05) is 26.0 Å². The summed E-state index contributed by atoms with van der Waals surface area (Å²) in [4.78, 5) is 73.5. The molecule has 4 aromatic rings. The van der Waals surface area contributed by atoms with Gasteiger partial charge >= 0.3 is 35.8 Å². The van der Waals surface area contributed by atoms with Crippen molar-refractivity contribution in [3.8, 4) is 23.0 Å². The summed E-state index contributed by atoms with van der Waals surface area (Å²) in [5.41, 5.74) is -4.95. The van der Waals surface area contributed by atoms with Crippen molar-refractivity contribution >= 4 is 57.4 Å². The topological polar surface area (TPSA) is 282 Å². The van der Waals surface area contributed by atoms with E-state index in [2.05, 4.69) is 0 Å². The number of carbonyl (C=O) groups excluding carboxylic acids is 5. The Hall–Kier alpha value is -6.66. The van der Waals surface area contributed by atoms with Gasteiger partial charge in [0.15, 0.2) is 0 Å². The number of benzene rings is 4. The highest BCUT2D eigenvalue weighted by atomic mass is 16.6. The van der Waals surface area contributed by atoms with Gasteiger partial charge in [0.05, 0.1) is 28.3 Å². The fraction of sp³-hybridized carbons (Fsp3) is 0.536. The highest BCUT2D eigenvalue weighted by Gasteiger charge is 2.45. The zero-order valence-electron chi connectivity index (χ0n) is 45.2. The number of carboxylic acids is 1. The first-order chi connectivity index (χ1) is 33.9. The molecule has 0 amide bonds. The van der Waals surface area contributed by atoms with E-state index < -0.39 is 76.1 Å². The van der Waals surface area contributed by atoms with E-state index in [0.717, 1.165) is 0 Å². The van der Waals surface area contributed by atoms with Crippen molar-refractivity contribution in [1.82, 2.24) is 0 Å². The number of rotatable bonds is 18. The molecule has 1 aliphatic heterocycles. The Labute approximate surface area is 432 Å². The van der Waals surface area contributed by atoms with Crippen LogP contribution >= 0.6 is 0 Å². The van der Waals surface area contributed by atoms with Gasteiger partial charge in [-0.15, -0.1) is 0 Å². The lowest BCUT2D eigenvalue weighted by Gasteiger charge is -2.35. The molecule has 74 heavy (non-hydrogen) atoms. The van der Waals surface area contributed by atoms with E-state index in [9.17, 15) is 54.3 Å². The number of hydrogen-bond acceptors (Lipinski definition) is 17. The van der Waals surface area contributed by atoms with Gasteiger partial charge in [-0.25, -0.2) is 9.59 Å². The summed E-state index contributed by atoms with van der Waals surface area (Å²) >= 11 is 0. The fourth-order valence-electron chi connectivity index (χ4n) is 7.64. The van der Waals surface area contributed by atoms with Gasteiger partial charge in [0.25, 0.3) is 0 Å². The number of phenolic OH excluding ortho intramolecular Hbond substituents is 3. The summed E-state index contributed by atoms with van der Waals surface area (Å²) in [5, 5.41) is 59.8. The predicted molar refractivity (Wildman–Crippen MR) is 275 cm³/mol. The maximum absolute atomic E-state index is 12.9. The Balaban J connectivity index is 0.000000327. The minimum atomic E-state index is -1.31. The highest BCUT2D eigenvalue weighted by molar-refractivity contribution is 5.99. The van der Waals surface area contributed by atoms with Crippen LogP contribution < -0.4 is 0 Å². The number of ether oxygens (including phenoxy) is 6. The molecule has 408 valence electrons. The van der Waals surface area contributed by atoms with E-state index in [0.29, 0.717) is 54.0 Å². The van der Waals surface area contributed by atoms with Gasteiger partial charge in [0.1, 0.15) is 77.4 Å². The lowest BCUT2D eigenvalue weighted by Crippen LogP contribution is -2.41. The molecule has 18 nitrogen and oxygen atoms in total. The first kappa shape index (κ1) is 61.6.